The van der Waals surface area contributed by atoms with E-state index in [0.29, 0.717) is 30.3 Å². The lowest BCUT2D eigenvalue weighted by Gasteiger charge is -2.36. The normalized spacial score (nSPS) is 14.8. The van der Waals surface area contributed by atoms with E-state index in [0.717, 1.165) is 22.5 Å². The molecule has 0 aliphatic carbocycles. The number of carbonyl (C=O) groups is 1. The Hall–Kier alpha value is -2.25. The van der Waals surface area contributed by atoms with Gasteiger partial charge < -0.3 is 9.64 Å². The molecule has 0 saturated carbocycles. The molecule has 1 aliphatic rings. The van der Waals surface area contributed by atoms with E-state index in [1.165, 1.54) is 18.7 Å². The van der Waals surface area contributed by atoms with Gasteiger partial charge in [-0.2, -0.15) is 0 Å². The fraction of sp³-hybridized carbons (Fsp3) is 0.381. The van der Waals surface area contributed by atoms with Gasteiger partial charge in [-0.1, -0.05) is 42.8 Å². The molecule has 8 heteroatoms. The van der Waals surface area contributed by atoms with Crippen molar-refractivity contribution in [2.24, 2.45) is 0 Å². The second-order valence-corrected chi connectivity index (χ2v) is 9.37. The second kappa shape index (κ2) is 8.63. The summed E-state index contributed by atoms with van der Waals surface area (Å²) in [7, 11) is -2.32. The zero-order valence-electron chi connectivity index (χ0n) is 16.8. The Balaban J connectivity index is 1.99. The molecule has 1 amide bonds. The van der Waals surface area contributed by atoms with E-state index in [4.69, 9.17) is 16.3 Å². The Morgan fingerprint density at radius 3 is 2.55 bits per heavy atom. The first-order valence-corrected chi connectivity index (χ1v) is 11.7. The minimum absolute atomic E-state index is 0.227. The molecule has 0 spiro atoms. The SMILES string of the molecule is CC[C@@H](C(=O)N1CCc2ccccc2C1)N(c1cc(Cl)ccc1OC)S(C)(=O)=O. The molecule has 0 fully saturated rings. The molecular formula is C21H25ClN2O4S. The molecule has 6 nitrogen and oxygen atoms in total. The molecule has 2 aromatic carbocycles. The standard InChI is InChI=1S/C21H25ClN2O4S/c1-4-18(21(25)23-12-11-15-7-5-6-8-16(15)14-23)24(29(3,26)27)19-13-17(22)9-10-20(19)28-2/h5-10,13,18H,4,11-12,14H2,1-3H3/t18-/m0/s1. The van der Waals surface area contributed by atoms with Gasteiger partial charge in [0.05, 0.1) is 19.1 Å². The summed E-state index contributed by atoms with van der Waals surface area (Å²) in [5.41, 5.74) is 2.58. The quantitative estimate of drug-likeness (QED) is 0.695. The highest BCUT2D eigenvalue weighted by molar-refractivity contribution is 7.92. The van der Waals surface area contributed by atoms with E-state index in [-0.39, 0.29) is 11.6 Å². The van der Waals surface area contributed by atoms with Gasteiger partial charge in [-0.25, -0.2) is 8.42 Å². The molecule has 0 N–H and O–H groups in total. The first-order chi connectivity index (χ1) is 13.8. The van der Waals surface area contributed by atoms with Gasteiger partial charge in [0, 0.05) is 18.1 Å². The molecule has 1 heterocycles. The van der Waals surface area contributed by atoms with Gasteiger partial charge in [0.2, 0.25) is 15.9 Å². The monoisotopic (exact) mass is 436 g/mol. The zero-order valence-corrected chi connectivity index (χ0v) is 18.3. The highest BCUT2D eigenvalue weighted by Gasteiger charge is 2.36. The highest BCUT2D eigenvalue weighted by atomic mass is 35.5. The first-order valence-electron chi connectivity index (χ1n) is 9.44. The van der Waals surface area contributed by atoms with Gasteiger partial charge in [0.15, 0.2) is 0 Å². The van der Waals surface area contributed by atoms with Crippen LogP contribution in [-0.4, -0.2) is 45.2 Å². The fourth-order valence-electron chi connectivity index (χ4n) is 3.75. The number of benzene rings is 2. The van der Waals surface area contributed by atoms with E-state index >= 15 is 0 Å². The summed E-state index contributed by atoms with van der Waals surface area (Å²) in [5.74, 6) is 0.115. The number of fused-ring (bicyclic) bond motifs is 1. The molecular weight excluding hydrogens is 412 g/mol. The summed E-state index contributed by atoms with van der Waals surface area (Å²) in [5, 5.41) is 0.364. The molecule has 0 aromatic heterocycles. The Labute approximate surface area is 177 Å². The minimum Gasteiger partial charge on any atom is -0.495 e. The number of rotatable bonds is 6. The molecule has 2 aromatic rings. The van der Waals surface area contributed by atoms with Crippen LogP contribution in [-0.2, 0) is 27.8 Å². The zero-order chi connectivity index (χ0) is 21.2. The van der Waals surface area contributed by atoms with Gasteiger partial charge in [-0.15, -0.1) is 0 Å². The first kappa shape index (κ1) is 21.5. The molecule has 0 radical (unpaired) electrons. The third-order valence-corrected chi connectivity index (χ3v) is 6.53. The molecule has 0 saturated heterocycles. The number of carbonyl (C=O) groups excluding carboxylic acids is 1. The largest absolute Gasteiger partial charge is 0.495 e. The van der Waals surface area contributed by atoms with Crippen LogP contribution in [0.25, 0.3) is 0 Å². The summed E-state index contributed by atoms with van der Waals surface area (Å²) in [4.78, 5) is 15.2. The van der Waals surface area contributed by atoms with Crippen LogP contribution in [0.1, 0.15) is 24.5 Å². The van der Waals surface area contributed by atoms with Crippen molar-refractivity contribution in [3.63, 3.8) is 0 Å². The van der Waals surface area contributed by atoms with Crippen LogP contribution < -0.4 is 9.04 Å². The molecule has 0 bridgehead atoms. The van der Waals surface area contributed by atoms with Crippen molar-refractivity contribution in [2.45, 2.75) is 32.4 Å². The van der Waals surface area contributed by atoms with Crippen molar-refractivity contribution in [1.29, 1.82) is 0 Å². The Morgan fingerprint density at radius 1 is 1.24 bits per heavy atom. The molecule has 29 heavy (non-hydrogen) atoms. The van der Waals surface area contributed by atoms with Gasteiger partial charge >= 0.3 is 0 Å². The lowest BCUT2D eigenvalue weighted by Crippen LogP contribution is -2.51. The number of hydrogen-bond donors (Lipinski definition) is 0. The molecule has 156 valence electrons. The Kier molecular flexibility index (Phi) is 6.39. The van der Waals surface area contributed by atoms with Crippen molar-refractivity contribution >= 4 is 33.2 Å². The van der Waals surface area contributed by atoms with E-state index in [1.807, 2.05) is 18.2 Å². The third kappa shape index (κ3) is 4.51. The summed E-state index contributed by atoms with van der Waals surface area (Å²) in [6.07, 6.45) is 2.16. The Morgan fingerprint density at radius 2 is 1.93 bits per heavy atom. The van der Waals surface area contributed by atoms with E-state index < -0.39 is 16.1 Å². The average molecular weight is 437 g/mol. The molecule has 1 aliphatic heterocycles. The predicted octanol–water partition coefficient (Wildman–Crippen LogP) is 3.48. The number of halogens is 1. The van der Waals surface area contributed by atoms with Crippen LogP contribution in [0.3, 0.4) is 0 Å². The van der Waals surface area contributed by atoms with Crippen LogP contribution in [0.5, 0.6) is 5.75 Å². The number of sulfonamides is 1. The number of hydrogen-bond acceptors (Lipinski definition) is 4. The van der Waals surface area contributed by atoms with Crippen molar-refractivity contribution in [1.82, 2.24) is 4.90 Å². The fourth-order valence-corrected chi connectivity index (χ4v) is 5.12. The molecule has 3 rings (SSSR count). The van der Waals surface area contributed by atoms with Crippen molar-refractivity contribution in [2.75, 3.05) is 24.2 Å². The van der Waals surface area contributed by atoms with Crippen molar-refractivity contribution < 1.29 is 17.9 Å². The number of methoxy groups -OCH3 is 1. The summed E-state index contributed by atoms with van der Waals surface area (Å²) in [6.45, 7) is 2.82. The van der Waals surface area contributed by atoms with E-state index in [2.05, 4.69) is 6.07 Å². The molecule has 0 unspecified atom stereocenters. The smallest absolute Gasteiger partial charge is 0.246 e. The molecule has 1 atom stereocenters. The summed E-state index contributed by atoms with van der Waals surface area (Å²) < 4.78 is 32.0. The summed E-state index contributed by atoms with van der Waals surface area (Å²) in [6, 6.07) is 11.9. The topological polar surface area (TPSA) is 66.9 Å². The number of amides is 1. The van der Waals surface area contributed by atoms with Crippen LogP contribution in [0.15, 0.2) is 42.5 Å². The predicted molar refractivity (Wildman–Crippen MR) is 115 cm³/mol. The lowest BCUT2D eigenvalue weighted by molar-refractivity contribution is -0.133. The van der Waals surface area contributed by atoms with Gasteiger partial charge in [-0.3, -0.25) is 9.10 Å². The van der Waals surface area contributed by atoms with E-state index in [1.54, 1.807) is 24.0 Å². The average Bonchev–Trinajstić information content (AvgIpc) is 2.70. The van der Waals surface area contributed by atoms with Gasteiger partial charge in [-0.05, 0) is 42.2 Å². The van der Waals surface area contributed by atoms with E-state index in [9.17, 15) is 13.2 Å². The maximum atomic E-state index is 13.4. The second-order valence-electron chi connectivity index (χ2n) is 7.08. The summed E-state index contributed by atoms with van der Waals surface area (Å²) >= 11 is 6.13. The van der Waals surface area contributed by atoms with Crippen LogP contribution >= 0.6 is 11.6 Å². The van der Waals surface area contributed by atoms with Gasteiger partial charge in [0.25, 0.3) is 0 Å². The van der Waals surface area contributed by atoms with Crippen molar-refractivity contribution in [3.8, 4) is 5.75 Å². The Bertz CT molecular complexity index is 1010. The lowest BCUT2D eigenvalue weighted by atomic mass is 9.99. The van der Waals surface area contributed by atoms with Crippen LogP contribution in [0.4, 0.5) is 5.69 Å². The third-order valence-electron chi connectivity index (χ3n) is 5.13. The van der Waals surface area contributed by atoms with Crippen LogP contribution in [0, 0.1) is 0 Å². The number of nitrogens with zero attached hydrogens (tertiary/aromatic N) is 2. The van der Waals surface area contributed by atoms with Crippen molar-refractivity contribution in [3.05, 3.63) is 58.6 Å². The highest BCUT2D eigenvalue weighted by Crippen LogP contribution is 2.35. The maximum absolute atomic E-state index is 13.4. The maximum Gasteiger partial charge on any atom is 0.246 e. The number of ether oxygens (including phenoxy) is 1. The van der Waals surface area contributed by atoms with Crippen LogP contribution in [0.2, 0.25) is 5.02 Å². The van der Waals surface area contributed by atoms with Gasteiger partial charge in [0.1, 0.15) is 11.8 Å². The number of anilines is 1. The minimum atomic E-state index is -3.78.